The normalized spacial score (nSPS) is 10.6. The molecule has 0 fully saturated rings. The van der Waals surface area contributed by atoms with E-state index in [1.54, 1.807) is 18.2 Å². The number of ether oxygens (including phenoxy) is 1. The van der Waals surface area contributed by atoms with Gasteiger partial charge in [0.1, 0.15) is 6.61 Å². The van der Waals surface area contributed by atoms with Crippen LogP contribution >= 0.6 is 15.9 Å². The van der Waals surface area contributed by atoms with Gasteiger partial charge in [0, 0.05) is 22.1 Å². The maximum Gasteiger partial charge on any atom is 0.418 e. The third kappa shape index (κ3) is 2.94. The van der Waals surface area contributed by atoms with E-state index in [2.05, 4.69) is 15.9 Å². The van der Waals surface area contributed by atoms with Crippen molar-refractivity contribution in [1.82, 2.24) is 4.57 Å². The van der Waals surface area contributed by atoms with Crippen LogP contribution in [0.2, 0.25) is 0 Å². The van der Waals surface area contributed by atoms with Crippen molar-refractivity contribution in [1.29, 1.82) is 0 Å². The highest BCUT2D eigenvalue weighted by Crippen LogP contribution is 2.17. The Bertz CT molecular complexity index is 887. The number of carbonyl (C=O) groups is 1. The van der Waals surface area contributed by atoms with Gasteiger partial charge < -0.3 is 4.74 Å². The standard InChI is InChI=1S/C17H12BrNO3/c18-13-6-7-15-14(10-13)16(20)8-9-19(15)17(21)22-11-12-4-2-1-3-5-12/h1-10H,11H2. The van der Waals surface area contributed by atoms with Crippen molar-refractivity contribution in [2.24, 2.45) is 0 Å². The van der Waals surface area contributed by atoms with Gasteiger partial charge in [-0.25, -0.2) is 4.79 Å². The fourth-order valence-electron chi connectivity index (χ4n) is 2.18. The van der Waals surface area contributed by atoms with Crippen LogP contribution in [-0.2, 0) is 11.3 Å². The number of aromatic nitrogens is 1. The number of pyridine rings is 1. The lowest BCUT2D eigenvalue weighted by Crippen LogP contribution is -2.17. The molecule has 1 aromatic heterocycles. The number of carbonyl (C=O) groups excluding carboxylic acids is 1. The third-order valence-electron chi connectivity index (χ3n) is 3.26. The van der Waals surface area contributed by atoms with Crippen LogP contribution in [0.5, 0.6) is 0 Å². The van der Waals surface area contributed by atoms with Crippen molar-refractivity contribution in [3.05, 3.63) is 81.1 Å². The summed E-state index contributed by atoms with van der Waals surface area (Å²) in [5, 5.41) is 0.466. The largest absolute Gasteiger partial charge is 0.444 e. The van der Waals surface area contributed by atoms with E-state index in [0.717, 1.165) is 10.0 Å². The highest BCUT2D eigenvalue weighted by molar-refractivity contribution is 9.10. The van der Waals surface area contributed by atoms with Crippen molar-refractivity contribution in [3.8, 4) is 0 Å². The Hall–Kier alpha value is -2.40. The first kappa shape index (κ1) is 14.5. The van der Waals surface area contributed by atoms with Gasteiger partial charge in [0.05, 0.1) is 5.52 Å². The summed E-state index contributed by atoms with van der Waals surface area (Å²) in [5.74, 6) is 0. The number of fused-ring (bicyclic) bond motifs is 1. The molecule has 0 aliphatic rings. The van der Waals surface area contributed by atoms with Crippen molar-refractivity contribution >= 4 is 32.9 Å². The molecule has 1 heterocycles. The molecular formula is C17H12BrNO3. The second-order valence-corrected chi connectivity index (χ2v) is 5.67. The molecule has 0 amide bonds. The van der Waals surface area contributed by atoms with Crippen LogP contribution in [-0.4, -0.2) is 10.7 Å². The van der Waals surface area contributed by atoms with Gasteiger partial charge in [-0.05, 0) is 23.8 Å². The molecule has 0 atom stereocenters. The summed E-state index contributed by atoms with van der Waals surface area (Å²) in [6, 6.07) is 16.0. The highest BCUT2D eigenvalue weighted by atomic mass is 79.9. The fourth-order valence-corrected chi connectivity index (χ4v) is 2.54. The predicted molar refractivity (Wildman–Crippen MR) is 87.9 cm³/mol. The van der Waals surface area contributed by atoms with Crippen LogP contribution in [0, 0.1) is 0 Å². The summed E-state index contributed by atoms with van der Waals surface area (Å²) >= 11 is 3.33. The molecule has 5 heteroatoms. The molecule has 0 bridgehead atoms. The van der Waals surface area contributed by atoms with E-state index in [4.69, 9.17) is 4.74 Å². The Morgan fingerprint density at radius 2 is 1.86 bits per heavy atom. The van der Waals surface area contributed by atoms with Gasteiger partial charge in [-0.3, -0.25) is 9.36 Å². The number of hydrogen-bond acceptors (Lipinski definition) is 3. The first-order valence-electron chi connectivity index (χ1n) is 6.67. The zero-order valence-electron chi connectivity index (χ0n) is 11.5. The molecule has 0 aliphatic heterocycles. The van der Waals surface area contributed by atoms with Gasteiger partial charge in [0.2, 0.25) is 0 Å². The summed E-state index contributed by atoms with van der Waals surface area (Å²) < 4.78 is 7.43. The third-order valence-corrected chi connectivity index (χ3v) is 3.75. The summed E-state index contributed by atoms with van der Waals surface area (Å²) in [4.78, 5) is 24.2. The molecule has 0 radical (unpaired) electrons. The average molecular weight is 358 g/mol. The lowest BCUT2D eigenvalue weighted by molar-refractivity contribution is 0.142. The lowest BCUT2D eigenvalue weighted by atomic mass is 10.2. The molecule has 3 aromatic rings. The Morgan fingerprint density at radius 3 is 2.64 bits per heavy atom. The number of benzene rings is 2. The van der Waals surface area contributed by atoms with E-state index in [1.807, 2.05) is 30.3 Å². The minimum Gasteiger partial charge on any atom is -0.444 e. The monoisotopic (exact) mass is 357 g/mol. The average Bonchev–Trinajstić information content (AvgIpc) is 2.54. The smallest absolute Gasteiger partial charge is 0.418 e. The summed E-state index contributed by atoms with van der Waals surface area (Å²) in [5.41, 5.74) is 1.29. The first-order valence-corrected chi connectivity index (χ1v) is 7.46. The minimum atomic E-state index is -0.517. The Labute approximate surface area is 135 Å². The quantitative estimate of drug-likeness (QED) is 0.697. The molecule has 0 aliphatic carbocycles. The SMILES string of the molecule is O=C(OCc1ccccc1)n1ccc(=O)c2cc(Br)ccc21. The van der Waals surface area contributed by atoms with Crippen LogP contribution in [0.1, 0.15) is 5.56 Å². The molecule has 22 heavy (non-hydrogen) atoms. The van der Waals surface area contributed by atoms with Gasteiger partial charge in [0.25, 0.3) is 0 Å². The van der Waals surface area contributed by atoms with Crippen LogP contribution in [0.3, 0.4) is 0 Å². The van der Waals surface area contributed by atoms with E-state index >= 15 is 0 Å². The highest BCUT2D eigenvalue weighted by Gasteiger charge is 2.11. The minimum absolute atomic E-state index is 0.136. The van der Waals surface area contributed by atoms with Crippen LogP contribution in [0.25, 0.3) is 10.9 Å². The van der Waals surface area contributed by atoms with Gasteiger partial charge >= 0.3 is 6.09 Å². The number of nitrogens with zero attached hydrogens (tertiary/aromatic N) is 1. The summed E-state index contributed by atoms with van der Waals surface area (Å²) in [6.45, 7) is 0.184. The zero-order chi connectivity index (χ0) is 15.5. The van der Waals surface area contributed by atoms with E-state index < -0.39 is 6.09 Å². The van der Waals surface area contributed by atoms with E-state index in [-0.39, 0.29) is 12.0 Å². The number of halogens is 1. The van der Waals surface area contributed by atoms with E-state index in [0.29, 0.717) is 10.9 Å². The second kappa shape index (κ2) is 6.15. The summed E-state index contributed by atoms with van der Waals surface area (Å²) in [7, 11) is 0. The molecule has 0 saturated heterocycles. The van der Waals surface area contributed by atoms with Gasteiger partial charge in [-0.1, -0.05) is 46.3 Å². The van der Waals surface area contributed by atoms with Gasteiger partial charge in [-0.2, -0.15) is 0 Å². The molecule has 3 rings (SSSR count). The Balaban J connectivity index is 1.91. The van der Waals surface area contributed by atoms with Crippen molar-refractivity contribution in [3.63, 3.8) is 0 Å². The zero-order valence-corrected chi connectivity index (χ0v) is 13.1. The molecule has 110 valence electrons. The van der Waals surface area contributed by atoms with E-state index in [1.165, 1.54) is 16.8 Å². The number of hydrogen-bond donors (Lipinski definition) is 0. The molecule has 4 nitrogen and oxygen atoms in total. The maximum absolute atomic E-state index is 12.3. The molecule has 0 unspecified atom stereocenters. The fraction of sp³-hybridized carbons (Fsp3) is 0.0588. The van der Waals surface area contributed by atoms with Crippen LogP contribution in [0.15, 0.2) is 70.1 Å². The molecule has 0 N–H and O–H groups in total. The summed E-state index contributed by atoms with van der Waals surface area (Å²) in [6.07, 6.45) is 0.919. The number of rotatable bonds is 2. The predicted octanol–water partition coefficient (Wildman–Crippen LogP) is 3.95. The molecule has 0 spiro atoms. The van der Waals surface area contributed by atoms with Crippen LogP contribution in [0.4, 0.5) is 4.79 Å². The lowest BCUT2D eigenvalue weighted by Gasteiger charge is -2.10. The first-order chi connectivity index (χ1) is 10.6. The van der Waals surface area contributed by atoms with E-state index in [9.17, 15) is 9.59 Å². The van der Waals surface area contributed by atoms with Crippen molar-refractivity contribution < 1.29 is 9.53 Å². The van der Waals surface area contributed by atoms with Crippen molar-refractivity contribution in [2.75, 3.05) is 0 Å². The molecule has 0 saturated carbocycles. The Morgan fingerprint density at radius 1 is 1.09 bits per heavy atom. The molecular weight excluding hydrogens is 346 g/mol. The van der Waals surface area contributed by atoms with Gasteiger partial charge in [-0.15, -0.1) is 0 Å². The second-order valence-electron chi connectivity index (χ2n) is 4.75. The maximum atomic E-state index is 12.3. The van der Waals surface area contributed by atoms with Crippen molar-refractivity contribution in [2.45, 2.75) is 6.61 Å². The molecule has 2 aromatic carbocycles. The topological polar surface area (TPSA) is 48.3 Å². The van der Waals surface area contributed by atoms with Gasteiger partial charge in [0.15, 0.2) is 5.43 Å². The van der Waals surface area contributed by atoms with Crippen LogP contribution < -0.4 is 5.43 Å². The Kier molecular flexibility index (Phi) is 4.06.